The number of aromatic nitrogens is 2. The lowest BCUT2D eigenvalue weighted by molar-refractivity contribution is 0.551. The third-order valence-electron chi connectivity index (χ3n) is 5.07. The van der Waals surface area contributed by atoms with Gasteiger partial charge in [-0.05, 0) is 42.9 Å². The summed E-state index contributed by atoms with van der Waals surface area (Å²) in [6.45, 7) is 4.46. The van der Waals surface area contributed by atoms with Crippen molar-refractivity contribution < 1.29 is 0 Å². The third-order valence-corrected chi connectivity index (χ3v) is 5.07. The Balaban J connectivity index is 1.90. The lowest BCUT2D eigenvalue weighted by Crippen LogP contribution is -2.15. The SMILES string of the molecule is Cc1ccc2nc(C34C=CC=CC(C)C3C4)n(C)c2c1. The van der Waals surface area contributed by atoms with E-state index in [1.165, 1.54) is 23.3 Å². The second-order valence-electron chi connectivity index (χ2n) is 6.44. The standard InChI is InChI=1S/C18H20N2/c1-12-7-8-15-16(10-12)20(3)17(19-15)18-9-5-4-6-13(2)14(18)11-18/h4-10,13-14H,11H2,1-3H3. The maximum Gasteiger partial charge on any atom is 0.120 e. The maximum absolute atomic E-state index is 4.95. The molecule has 0 N–H and O–H groups in total. The molecule has 1 aromatic carbocycles. The highest BCUT2D eigenvalue weighted by molar-refractivity contribution is 5.77. The summed E-state index contributed by atoms with van der Waals surface area (Å²) in [5, 5.41) is 0. The van der Waals surface area contributed by atoms with E-state index in [9.17, 15) is 0 Å². The van der Waals surface area contributed by atoms with Gasteiger partial charge in [0.15, 0.2) is 0 Å². The van der Waals surface area contributed by atoms with E-state index in [0.717, 1.165) is 5.52 Å². The molecule has 1 fully saturated rings. The van der Waals surface area contributed by atoms with Crippen molar-refractivity contribution in [2.24, 2.45) is 18.9 Å². The van der Waals surface area contributed by atoms with Crippen molar-refractivity contribution in [2.75, 3.05) is 0 Å². The Hall–Kier alpha value is -1.83. The molecule has 1 saturated carbocycles. The van der Waals surface area contributed by atoms with Gasteiger partial charge in [-0.3, -0.25) is 0 Å². The normalized spacial score (nSPS) is 31.4. The molecule has 3 unspecified atom stereocenters. The van der Waals surface area contributed by atoms with E-state index in [2.05, 4.69) is 68.0 Å². The molecule has 0 radical (unpaired) electrons. The molecule has 1 heterocycles. The van der Waals surface area contributed by atoms with Gasteiger partial charge in [-0.1, -0.05) is 37.3 Å². The number of allylic oxidation sites excluding steroid dienone is 4. The molecule has 2 aliphatic carbocycles. The fourth-order valence-corrected chi connectivity index (χ4v) is 3.80. The average molecular weight is 264 g/mol. The number of benzene rings is 1. The summed E-state index contributed by atoms with van der Waals surface area (Å²) >= 11 is 0. The molecule has 2 nitrogen and oxygen atoms in total. The van der Waals surface area contributed by atoms with Crippen LogP contribution < -0.4 is 0 Å². The van der Waals surface area contributed by atoms with Gasteiger partial charge in [0.2, 0.25) is 0 Å². The van der Waals surface area contributed by atoms with Crippen LogP contribution in [0.25, 0.3) is 11.0 Å². The molecule has 0 saturated heterocycles. The Labute approximate surface area is 119 Å². The Morgan fingerprint density at radius 3 is 3.00 bits per heavy atom. The van der Waals surface area contributed by atoms with E-state index in [1.807, 2.05) is 0 Å². The predicted octanol–water partition coefficient (Wildman–Crippen LogP) is 3.90. The number of nitrogens with zero attached hydrogens (tertiary/aromatic N) is 2. The molecule has 0 aliphatic heterocycles. The van der Waals surface area contributed by atoms with E-state index in [-0.39, 0.29) is 5.41 Å². The summed E-state index contributed by atoms with van der Waals surface area (Å²) < 4.78 is 2.30. The second kappa shape index (κ2) is 3.85. The van der Waals surface area contributed by atoms with Crippen LogP contribution in [-0.2, 0) is 12.5 Å². The van der Waals surface area contributed by atoms with Gasteiger partial charge in [0.1, 0.15) is 5.82 Å². The van der Waals surface area contributed by atoms with Crippen LogP contribution in [0, 0.1) is 18.8 Å². The van der Waals surface area contributed by atoms with E-state index >= 15 is 0 Å². The Bertz CT molecular complexity index is 750. The molecule has 3 atom stereocenters. The van der Waals surface area contributed by atoms with Crippen LogP contribution in [0.1, 0.15) is 24.7 Å². The van der Waals surface area contributed by atoms with Gasteiger partial charge in [-0.15, -0.1) is 0 Å². The fourth-order valence-electron chi connectivity index (χ4n) is 3.80. The zero-order chi connectivity index (χ0) is 13.9. The molecule has 2 aliphatic rings. The molecule has 1 aromatic heterocycles. The zero-order valence-corrected chi connectivity index (χ0v) is 12.3. The maximum atomic E-state index is 4.95. The van der Waals surface area contributed by atoms with Crippen LogP contribution in [0.5, 0.6) is 0 Å². The summed E-state index contributed by atoms with van der Waals surface area (Å²) in [5.41, 5.74) is 3.82. The van der Waals surface area contributed by atoms with Gasteiger partial charge in [0.25, 0.3) is 0 Å². The van der Waals surface area contributed by atoms with E-state index in [4.69, 9.17) is 4.98 Å². The van der Waals surface area contributed by atoms with Gasteiger partial charge >= 0.3 is 0 Å². The van der Waals surface area contributed by atoms with Crippen LogP contribution in [0.15, 0.2) is 42.5 Å². The van der Waals surface area contributed by atoms with Crippen molar-refractivity contribution in [1.29, 1.82) is 0 Å². The summed E-state index contributed by atoms with van der Waals surface area (Å²) in [4.78, 5) is 4.95. The smallest absolute Gasteiger partial charge is 0.120 e. The van der Waals surface area contributed by atoms with Crippen molar-refractivity contribution in [3.05, 3.63) is 53.9 Å². The molecule has 0 spiro atoms. The van der Waals surface area contributed by atoms with Crippen LogP contribution >= 0.6 is 0 Å². The summed E-state index contributed by atoms with van der Waals surface area (Å²) in [5.74, 6) is 2.57. The first kappa shape index (κ1) is 12.0. The molecule has 2 heteroatoms. The van der Waals surface area contributed by atoms with E-state index in [1.54, 1.807) is 0 Å². The van der Waals surface area contributed by atoms with Gasteiger partial charge < -0.3 is 4.57 Å². The molecular weight excluding hydrogens is 244 g/mol. The van der Waals surface area contributed by atoms with Crippen molar-refractivity contribution >= 4 is 11.0 Å². The first-order valence-electron chi connectivity index (χ1n) is 7.41. The minimum absolute atomic E-state index is 0.157. The van der Waals surface area contributed by atoms with Crippen LogP contribution in [0.2, 0.25) is 0 Å². The van der Waals surface area contributed by atoms with Gasteiger partial charge in [-0.2, -0.15) is 0 Å². The minimum atomic E-state index is 0.157. The first-order chi connectivity index (χ1) is 9.62. The zero-order valence-electron chi connectivity index (χ0n) is 12.3. The van der Waals surface area contributed by atoms with Crippen LogP contribution in [-0.4, -0.2) is 9.55 Å². The second-order valence-corrected chi connectivity index (χ2v) is 6.44. The number of aryl methyl sites for hydroxylation is 2. The van der Waals surface area contributed by atoms with Crippen molar-refractivity contribution in [3.63, 3.8) is 0 Å². The third kappa shape index (κ3) is 1.48. The van der Waals surface area contributed by atoms with Crippen LogP contribution in [0.3, 0.4) is 0 Å². The summed E-state index contributed by atoms with van der Waals surface area (Å²) in [6, 6.07) is 6.53. The number of rotatable bonds is 1. The van der Waals surface area contributed by atoms with Crippen molar-refractivity contribution in [2.45, 2.75) is 25.7 Å². The predicted molar refractivity (Wildman–Crippen MR) is 82.7 cm³/mol. The van der Waals surface area contributed by atoms with Crippen molar-refractivity contribution in [3.8, 4) is 0 Å². The molecular formula is C18H20N2. The monoisotopic (exact) mass is 264 g/mol. The fraction of sp³-hybridized carbons (Fsp3) is 0.389. The van der Waals surface area contributed by atoms with E-state index < -0.39 is 0 Å². The Kier molecular flexibility index (Phi) is 2.30. The number of imidazole rings is 1. The van der Waals surface area contributed by atoms with E-state index in [0.29, 0.717) is 11.8 Å². The number of fused-ring (bicyclic) bond motifs is 2. The largest absolute Gasteiger partial charge is 0.330 e. The minimum Gasteiger partial charge on any atom is -0.330 e. The molecule has 4 rings (SSSR count). The van der Waals surface area contributed by atoms with Gasteiger partial charge in [0, 0.05) is 7.05 Å². The highest BCUT2D eigenvalue weighted by Gasteiger charge is 2.58. The van der Waals surface area contributed by atoms with Crippen LogP contribution in [0.4, 0.5) is 0 Å². The number of hydrogen-bond donors (Lipinski definition) is 0. The molecule has 0 amide bonds. The highest BCUT2D eigenvalue weighted by Crippen LogP contribution is 2.59. The highest BCUT2D eigenvalue weighted by atomic mass is 15.1. The number of hydrogen-bond acceptors (Lipinski definition) is 1. The van der Waals surface area contributed by atoms with Gasteiger partial charge in [-0.25, -0.2) is 4.98 Å². The Morgan fingerprint density at radius 2 is 2.15 bits per heavy atom. The molecule has 20 heavy (non-hydrogen) atoms. The molecule has 2 aromatic rings. The average Bonchev–Trinajstić information content (AvgIpc) is 3.10. The summed E-state index contributed by atoms with van der Waals surface area (Å²) in [7, 11) is 2.16. The lowest BCUT2D eigenvalue weighted by Gasteiger charge is -2.14. The summed E-state index contributed by atoms with van der Waals surface area (Å²) in [6.07, 6.45) is 10.3. The van der Waals surface area contributed by atoms with Gasteiger partial charge in [0.05, 0.1) is 16.4 Å². The van der Waals surface area contributed by atoms with Crippen molar-refractivity contribution in [1.82, 2.24) is 9.55 Å². The quantitative estimate of drug-likeness (QED) is 0.763. The first-order valence-corrected chi connectivity index (χ1v) is 7.41. The lowest BCUT2D eigenvalue weighted by atomic mass is 9.96. The topological polar surface area (TPSA) is 17.8 Å². The molecule has 102 valence electrons. The Morgan fingerprint density at radius 1 is 1.30 bits per heavy atom. The molecule has 0 bridgehead atoms.